The molecule has 0 aromatic heterocycles. The Labute approximate surface area is 129 Å². The molecule has 3 heteroatoms. The van der Waals surface area contributed by atoms with Gasteiger partial charge >= 0.3 is 0 Å². The third-order valence-electron chi connectivity index (χ3n) is 3.22. The first-order chi connectivity index (χ1) is 9.63. The van der Waals surface area contributed by atoms with Crippen molar-refractivity contribution < 1.29 is 0 Å². The predicted octanol–water partition coefficient (Wildman–Crippen LogP) is 4.30. The van der Waals surface area contributed by atoms with Gasteiger partial charge in [-0.25, -0.2) is 0 Å². The van der Waals surface area contributed by atoms with Gasteiger partial charge in [0.2, 0.25) is 0 Å². The molecule has 20 heavy (non-hydrogen) atoms. The molecule has 0 saturated heterocycles. The van der Waals surface area contributed by atoms with Gasteiger partial charge in [0.25, 0.3) is 0 Å². The van der Waals surface area contributed by atoms with E-state index in [1.807, 2.05) is 0 Å². The van der Waals surface area contributed by atoms with Gasteiger partial charge in [-0.05, 0) is 43.8 Å². The van der Waals surface area contributed by atoms with Crippen LogP contribution in [0.5, 0.6) is 0 Å². The number of rotatable bonds is 6. The van der Waals surface area contributed by atoms with E-state index in [-0.39, 0.29) is 0 Å². The summed E-state index contributed by atoms with van der Waals surface area (Å²) in [5.74, 6) is 0. The van der Waals surface area contributed by atoms with E-state index < -0.39 is 0 Å². The monoisotopic (exact) mass is 332 g/mol. The quantitative estimate of drug-likeness (QED) is 0.848. The second-order valence-corrected chi connectivity index (χ2v) is 6.08. The molecule has 0 radical (unpaired) electrons. The molecule has 2 aromatic rings. The minimum atomic E-state index is 0.952. The van der Waals surface area contributed by atoms with Crippen LogP contribution in [-0.4, -0.2) is 25.0 Å². The Bertz CT molecular complexity index is 537. The number of hydrogen-bond donors (Lipinski definition) is 1. The molecular weight excluding hydrogens is 312 g/mol. The van der Waals surface area contributed by atoms with Gasteiger partial charge in [0.05, 0.1) is 0 Å². The zero-order valence-electron chi connectivity index (χ0n) is 12.1. The summed E-state index contributed by atoms with van der Waals surface area (Å²) in [6, 6.07) is 17.0. The molecular formula is C17H21BrN2. The number of nitrogens with one attached hydrogen (secondary N) is 1. The Hall–Kier alpha value is -1.32. The van der Waals surface area contributed by atoms with E-state index in [1.165, 1.54) is 16.8 Å². The van der Waals surface area contributed by atoms with Gasteiger partial charge < -0.3 is 10.2 Å². The van der Waals surface area contributed by atoms with Gasteiger partial charge in [0.1, 0.15) is 0 Å². The molecule has 0 heterocycles. The summed E-state index contributed by atoms with van der Waals surface area (Å²) < 4.78 is 1.14. The molecule has 0 saturated carbocycles. The predicted molar refractivity (Wildman–Crippen MR) is 90.1 cm³/mol. The minimum absolute atomic E-state index is 0.952. The normalized spacial score (nSPS) is 10.8. The van der Waals surface area contributed by atoms with Gasteiger partial charge in [-0.1, -0.05) is 45.8 Å². The summed E-state index contributed by atoms with van der Waals surface area (Å²) in [5, 5.41) is 3.45. The van der Waals surface area contributed by atoms with Crippen molar-refractivity contribution in [3.05, 3.63) is 64.1 Å². The van der Waals surface area contributed by atoms with Crippen LogP contribution in [0, 0.1) is 6.92 Å². The number of halogens is 1. The second-order valence-electron chi connectivity index (χ2n) is 5.16. The van der Waals surface area contributed by atoms with E-state index in [0.29, 0.717) is 0 Å². The molecule has 0 unspecified atom stereocenters. The van der Waals surface area contributed by atoms with Gasteiger partial charge in [-0.3, -0.25) is 0 Å². The smallest absolute Gasteiger partial charge is 0.0340 e. The van der Waals surface area contributed by atoms with Crippen LogP contribution < -0.4 is 5.32 Å². The lowest BCUT2D eigenvalue weighted by atomic mass is 10.2. The van der Waals surface area contributed by atoms with E-state index in [0.717, 1.165) is 24.1 Å². The fourth-order valence-electron chi connectivity index (χ4n) is 2.09. The third kappa shape index (κ3) is 4.99. The van der Waals surface area contributed by atoms with E-state index in [2.05, 4.69) is 88.6 Å². The van der Waals surface area contributed by atoms with Gasteiger partial charge in [0.15, 0.2) is 0 Å². The maximum atomic E-state index is 3.51. The Morgan fingerprint density at radius 3 is 2.55 bits per heavy atom. The first-order valence-electron chi connectivity index (χ1n) is 6.87. The first kappa shape index (κ1) is 15.1. The summed E-state index contributed by atoms with van der Waals surface area (Å²) in [6.07, 6.45) is 0. The third-order valence-corrected chi connectivity index (χ3v) is 3.71. The van der Waals surface area contributed by atoms with E-state index in [4.69, 9.17) is 0 Å². The van der Waals surface area contributed by atoms with Crippen molar-refractivity contribution in [1.82, 2.24) is 4.90 Å². The molecule has 2 aromatic carbocycles. The van der Waals surface area contributed by atoms with Crippen LogP contribution in [0.1, 0.15) is 11.1 Å². The Kier molecular flexibility index (Phi) is 5.62. The Morgan fingerprint density at radius 1 is 1.10 bits per heavy atom. The van der Waals surface area contributed by atoms with Crippen molar-refractivity contribution >= 4 is 21.6 Å². The molecule has 0 amide bonds. The molecule has 0 aliphatic carbocycles. The summed E-state index contributed by atoms with van der Waals surface area (Å²) in [7, 11) is 2.15. The summed E-state index contributed by atoms with van der Waals surface area (Å²) in [5.41, 5.74) is 3.81. The van der Waals surface area contributed by atoms with Gasteiger partial charge in [-0.2, -0.15) is 0 Å². The van der Waals surface area contributed by atoms with Crippen LogP contribution in [0.15, 0.2) is 53.0 Å². The highest BCUT2D eigenvalue weighted by atomic mass is 79.9. The lowest BCUT2D eigenvalue weighted by Crippen LogP contribution is -2.24. The van der Waals surface area contributed by atoms with Crippen LogP contribution in [-0.2, 0) is 6.54 Å². The van der Waals surface area contributed by atoms with Gasteiger partial charge in [-0.15, -0.1) is 0 Å². The molecule has 2 rings (SSSR count). The Balaban J connectivity index is 1.75. The highest BCUT2D eigenvalue weighted by Gasteiger charge is 2.01. The van der Waals surface area contributed by atoms with Crippen molar-refractivity contribution in [2.24, 2.45) is 0 Å². The van der Waals surface area contributed by atoms with Crippen molar-refractivity contribution in [3.8, 4) is 0 Å². The topological polar surface area (TPSA) is 15.3 Å². The molecule has 1 N–H and O–H groups in total. The average Bonchev–Trinajstić information content (AvgIpc) is 2.41. The molecule has 0 spiro atoms. The second kappa shape index (κ2) is 7.46. The molecule has 106 valence electrons. The molecule has 0 fully saturated rings. The highest BCUT2D eigenvalue weighted by Crippen LogP contribution is 2.13. The summed E-state index contributed by atoms with van der Waals surface area (Å²) in [4.78, 5) is 2.32. The van der Waals surface area contributed by atoms with E-state index in [9.17, 15) is 0 Å². The number of benzene rings is 2. The lowest BCUT2D eigenvalue weighted by molar-refractivity contribution is 0.340. The Morgan fingerprint density at radius 2 is 1.85 bits per heavy atom. The summed E-state index contributed by atoms with van der Waals surface area (Å²) in [6.45, 7) is 5.04. The molecule has 0 aliphatic heterocycles. The molecule has 0 atom stereocenters. The number of nitrogens with zero attached hydrogens (tertiary/aromatic N) is 1. The number of hydrogen-bond acceptors (Lipinski definition) is 2. The van der Waals surface area contributed by atoms with Crippen molar-refractivity contribution in [1.29, 1.82) is 0 Å². The first-order valence-corrected chi connectivity index (χ1v) is 7.66. The fourth-order valence-corrected chi connectivity index (χ4v) is 2.54. The fraction of sp³-hybridized carbons (Fsp3) is 0.294. The van der Waals surface area contributed by atoms with E-state index in [1.54, 1.807) is 0 Å². The van der Waals surface area contributed by atoms with Crippen LogP contribution >= 0.6 is 15.9 Å². The van der Waals surface area contributed by atoms with Crippen molar-refractivity contribution in [2.45, 2.75) is 13.5 Å². The maximum absolute atomic E-state index is 3.51. The molecule has 0 bridgehead atoms. The average molecular weight is 333 g/mol. The highest BCUT2D eigenvalue weighted by molar-refractivity contribution is 9.10. The molecule has 0 aliphatic rings. The van der Waals surface area contributed by atoms with Crippen molar-refractivity contribution in [3.63, 3.8) is 0 Å². The van der Waals surface area contributed by atoms with Crippen LogP contribution in [0.2, 0.25) is 0 Å². The molecule has 2 nitrogen and oxygen atoms in total. The standard InChI is InChI=1S/C17H21BrN2/c1-14-6-8-17(9-7-14)19-10-11-20(2)13-15-4-3-5-16(18)12-15/h3-9,12,19H,10-11,13H2,1-2H3. The lowest BCUT2D eigenvalue weighted by Gasteiger charge is -2.17. The zero-order valence-corrected chi connectivity index (χ0v) is 13.7. The van der Waals surface area contributed by atoms with Crippen LogP contribution in [0.25, 0.3) is 0 Å². The summed E-state index contributed by atoms with van der Waals surface area (Å²) >= 11 is 3.51. The van der Waals surface area contributed by atoms with Crippen molar-refractivity contribution in [2.75, 3.05) is 25.5 Å². The number of likely N-dealkylation sites (N-methyl/N-ethyl adjacent to an activating group) is 1. The van der Waals surface area contributed by atoms with E-state index >= 15 is 0 Å². The number of aryl methyl sites for hydroxylation is 1. The number of anilines is 1. The maximum Gasteiger partial charge on any atom is 0.0340 e. The minimum Gasteiger partial charge on any atom is -0.384 e. The van der Waals surface area contributed by atoms with Gasteiger partial charge in [0, 0.05) is 29.8 Å². The van der Waals surface area contributed by atoms with Crippen LogP contribution in [0.3, 0.4) is 0 Å². The SMILES string of the molecule is Cc1ccc(NCCN(C)Cc2cccc(Br)c2)cc1. The van der Waals surface area contributed by atoms with Crippen LogP contribution in [0.4, 0.5) is 5.69 Å². The largest absolute Gasteiger partial charge is 0.384 e. The zero-order chi connectivity index (χ0) is 14.4.